The van der Waals surface area contributed by atoms with Crippen LogP contribution in [-0.2, 0) is 0 Å². The Balaban J connectivity index is 2.51. The Morgan fingerprint density at radius 3 is 2.56 bits per heavy atom. The van der Waals surface area contributed by atoms with Gasteiger partial charge in [-0.15, -0.1) is 5.10 Å². The van der Waals surface area contributed by atoms with Gasteiger partial charge in [-0.1, -0.05) is 0 Å². The Labute approximate surface area is 100.0 Å². The summed E-state index contributed by atoms with van der Waals surface area (Å²) in [6.07, 6.45) is 0. The molecular formula is C10H9F3N4O. The van der Waals surface area contributed by atoms with Crippen molar-refractivity contribution in [3.8, 4) is 11.7 Å². The molecule has 1 aromatic heterocycles. The molecule has 1 aromatic carbocycles. The van der Waals surface area contributed by atoms with Crippen molar-refractivity contribution in [2.24, 2.45) is 0 Å². The molecule has 0 aliphatic heterocycles. The first kappa shape index (κ1) is 12.2. The molecule has 96 valence electrons. The zero-order valence-electron chi connectivity index (χ0n) is 9.32. The lowest BCUT2D eigenvalue weighted by Gasteiger charge is -2.04. The average Bonchev–Trinajstić information content (AvgIpc) is 2.65. The van der Waals surface area contributed by atoms with E-state index in [-0.39, 0.29) is 17.6 Å². The van der Waals surface area contributed by atoms with Crippen LogP contribution < -0.4 is 10.5 Å². The summed E-state index contributed by atoms with van der Waals surface area (Å²) in [7, 11) is 0. The van der Waals surface area contributed by atoms with E-state index >= 15 is 0 Å². The van der Waals surface area contributed by atoms with Gasteiger partial charge >= 0.3 is 6.01 Å². The molecule has 1 heterocycles. The summed E-state index contributed by atoms with van der Waals surface area (Å²) >= 11 is 0. The Hall–Kier alpha value is -2.25. The van der Waals surface area contributed by atoms with Gasteiger partial charge in [0, 0.05) is 12.1 Å². The van der Waals surface area contributed by atoms with Crippen molar-refractivity contribution in [2.75, 3.05) is 12.3 Å². The van der Waals surface area contributed by atoms with Crippen LogP contribution in [0.15, 0.2) is 12.1 Å². The summed E-state index contributed by atoms with van der Waals surface area (Å²) in [4.78, 5) is 3.69. The topological polar surface area (TPSA) is 66.0 Å². The minimum absolute atomic E-state index is 0.0702. The molecule has 2 aromatic rings. The number of ether oxygens (including phenoxy) is 1. The lowest BCUT2D eigenvalue weighted by molar-refractivity contribution is 0.312. The van der Waals surface area contributed by atoms with Crippen LogP contribution in [0.4, 0.5) is 19.1 Å². The van der Waals surface area contributed by atoms with Gasteiger partial charge < -0.3 is 10.5 Å². The Bertz CT molecular complexity index is 585. The second-order valence-corrected chi connectivity index (χ2v) is 3.32. The van der Waals surface area contributed by atoms with Crippen molar-refractivity contribution < 1.29 is 17.9 Å². The van der Waals surface area contributed by atoms with E-state index in [9.17, 15) is 13.2 Å². The van der Waals surface area contributed by atoms with Crippen LogP contribution in [0.3, 0.4) is 0 Å². The Kier molecular flexibility index (Phi) is 3.09. The predicted molar refractivity (Wildman–Crippen MR) is 56.8 cm³/mol. The highest BCUT2D eigenvalue weighted by Gasteiger charge is 2.16. The summed E-state index contributed by atoms with van der Waals surface area (Å²) in [5.41, 5.74) is 5.14. The standard InChI is InChI=1S/C10H9F3N4O/c1-2-18-10-15-9(14)17(16-10)8-4-6(12)5(11)3-7(8)13/h3-4H,2H2,1H3,(H2,14,15,16). The van der Waals surface area contributed by atoms with Gasteiger partial charge in [0.1, 0.15) is 5.69 Å². The lowest BCUT2D eigenvalue weighted by Crippen LogP contribution is -2.06. The average molecular weight is 258 g/mol. The third-order valence-electron chi connectivity index (χ3n) is 2.10. The number of nitrogens with zero attached hydrogens (tertiary/aromatic N) is 3. The van der Waals surface area contributed by atoms with Gasteiger partial charge in [0.2, 0.25) is 5.95 Å². The zero-order valence-corrected chi connectivity index (χ0v) is 9.32. The van der Waals surface area contributed by atoms with Crippen molar-refractivity contribution in [3.63, 3.8) is 0 Å². The number of nitrogens with two attached hydrogens (primary N) is 1. The molecule has 0 saturated carbocycles. The molecule has 0 radical (unpaired) electrons. The van der Waals surface area contributed by atoms with E-state index in [0.29, 0.717) is 18.7 Å². The van der Waals surface area contributed by atoms with Gasteiger partial charge in [0.25, 0.3) is 0 Å². The lowest BCUT2D eigenvalue weighted by atomic mass is 10.3. The molecule has 5 nitrogen and oxygen atoms in total. The normalized spacial score (nSPS) is 10.7. The third kappa shape index (κ3) is 2.08. The van der Waals surface area contributed by atoms with E-state index in [4.69, 9.17) is 10.5 Å². The first-order valence-corrected chi connectivity index (χ1v) is 5.03. The number of anilines is 1. The molecule has 2 rings (SSSR count). The van der Waals surface area contributed by atoms with Gasteiger partial charge in [-0.3, -0.25) is 0 Å². The summed E-state index contributed by atoms with van der Waals surface area (Å²) in [6.45, 7) is 2.00. The maximum absolute atomic E-state index is 13.5. The van der Waals surface area contributed by atoms with E-state index < -0.39 is 17.5 Å². The molecule has 0 aliphatic rings. The van der Waals surface area contributed by atoms with Gasteiger partial charge in [0.15, 0.2) is 17.5 Å². The Morgan fingerprint density at radius 2 is 1.89 bits per heavy atom. The highest BCUT2D eigenvalue weighted by molar-refractivity contribution is 5.40. The second-order valence-electron chi connectivity index (χ2n) is 3.32. The molecule has 8 heteroatoms. The number of aromatic nitrogens is 3. The molecule has 0 amide bonds. The predicted octanol–water partition coefficient (Wildman–Crippen LogP) is 1.67. The molecule has 18 heavy (non-hydrogen) atoms. The van der Waals surface area contributed by atoms with Gasteiger partial charge in [-0.2, -0.15) is 9.67 Å². The molecular weight excluding hydrogens is 249 g/mol. The SMILES string of the molecule is CCOc1nc(N)n(-c2cc(F)c(F)cc2F)n1. The van der Waals surface area contributed by atoms with E-state index in [2.05, 4.69) is 10.1 Å². The number of halogens is 3. The van der Waals surface area contributed by atoms with E-state index in [0.717, 1.165) is 4.68 Å². The van der Waals surface area contributed by atoms with Gasteiger partial charge in [0.05, 0.1) is 6.61 Å². The van der Waals surface area contributed by atoms with Gasteiger partial charge in [-0.25, -0.2) is 13.2 Å². The van der Waals surface area contributed by atoms with Crippen LogP contribution in [0.5, 0.6) is 6.01 Å². The van der Waals surface area contributed by atoms with Crippen LogP contribution in [0.2, 0.25) is 0 Å². The fourth-order valence-corrected chi connectivity index (χ4v) is 1.35. The Morgan fingerprint density at radius 1 is 1.22 bits per heavy atom. The van der Waals surface area contributed by atoms with E-state index in [1.165, 1.54) is 0 Å². The maximum Gasteiger partial charge on any atom is 0.337 e. The van der Waals surface area contributed by atoms with Crippen LogP contribution in [0.25, 0.3) is 5.69 Å². The van der Waals surface area contributed by atoms with Crippen LogP contribution >= 0.6 is 0 Å². The largest absolute Gasteiger partial charge is 0.463 e. The highest BCUT2D eigenvalue weighted by atomic mass is 19.2. The summed E-state index contributed by atoms with van der Waals surface area (Å²) in [6, 6.07) is 0.983. The molecule has 0 aliphatic carbocycles. The van der Waals surface area contributed by atoms with Crippen LogP contribution in [0.1, 0.15) is 6.92 Å². The first-order chi connectivity index (χ1) is 8.52. The quantitative estimate of drug-likeness (QED) is 0.850. The zero-order chi connectivity index (χ0) is 13.3. The first-order valence-electron chi connectivity index (χ1n) is 5.03. The number of benzene rings is 1. The third-order valence-corrected chi connectivity index (χ3v) is 2.10. The summed E-state index contributed by atoms with van der Waals surface area (Å²) in [5, 5.41) is 3.73. The molecule has 0 unspecified atom stereocenters. The van der Waals surface area contributed by atoms with Crippen molar-refractivity contribution >= 4 is 5.95 Å². The smallest absolute Gasteiger partial charge is 0.337 e. The maximum atomic E-state index is 13.5. The number of nitrogen functional groups attached to an aromatic ring is 1. The van der Waals surface area contributed by atoms with Crippen LogP contribution in [-0.4, -0.2) is 21.4 Å². The van der Waals surface area contributed by atoms with Crippen molar-refractivity contribution in [2.45, 2.75) is 6.92 Å². The fraction of sp³-hybridized carbons (Fsp3) is 0.200. The fourth-order valence-electron chi connectivity index (χ4n) is 1.35. The monoisotopic (exact) mass is 258 g/mol. The molecule has 0 fully saturated rings. The number of hydrogen-bond acceptors (Lipinski definition) is 4. The van der Waals surface area contributed by atoms with Crippen molar-refractivity contribution in [1.29, 1.82) is 0 Å². The van der Waals surface area contributed by atoms with E-state index in [1.54, 1.807) is 6.92 Å². The van der Waals surface area contributed by atoms with E-state index in [1.807, 2.05) is 0 Å². The minimum Gasteiger partial charge on any atom is -0.463 e. The molecule has 0 atom stereocenters. The number of hydrogen-bond donors (Lipinski definition) is 1. The molecule has 2 N–H and O–H groups in total. The summed E-state index contributed by atoms with van der Waals surface area (Å²) in [5.74, 6) is -3.70. The van der Waals surface area contributed by atoms with Crippen molar-refractivity contribution in [1.82, 2.24) is 14.8 Å². The molecule has 0 spiro atoms. The highest BCUT2D eigenvalue weighted by Crippen LogP contribution is 2.20. The van der Waals surface area contributed by atoms with Crippen molar-refractivity contribution in [3.05, 3.63) is 29.6 Å². The molecule has 0 bridgehead atoms. The number of rotatable bonds is 3. The minimum atomic E-state index is -1.29. The summed E-state index contributed by atoms with van der Waals surface area (Å²) < 4.78 is 45.1. The second kappa shape index (κ2) is 4.55. The van der Waals surface area contributed by atoms with Crippen LogP contribution in [0, 0.1) is 17.5 Å². The van der Waals surface area contributed by atoms with Gasteiger partial charge in [-0.05, 0) is 6.92 Å². The molecule has 0 saturated heterocycles.